The van der Waals surface area contributed by atoms with E-state index in [0.29, 0.717) is 6.04 Å². The van der Waals surface area contributed by atoms with E-state index in [1.807, 2.05) is 17.9 Å². The molecule has 1 heterocycles. The van der Waals surface area contributed by atoms with Crippen LogP contribution in [-0.2, 0) is 13.5 Å². The molecule has 0 aliphatic rings. The standard InChI is InChI=1S/C17H25N3/c1-4-10-18-17(16-12-19-20(3)13-16)9-8-15-7-5-6-14(2)11-15/h5-7,11-13,17-18H,4,8-10H2,1-3H3. The van der Waals surface area contributed by atoms with Gasteiger partial charge >= 0.3 is 0 Å². The van der Waals surface area contributed by atoms with Crippen LogP contribution < -0.4 is 5.32 Å². The van der Waals surface area contributed by atoms with Crippen LogP contribution in [0, 0.1) is 6.92 Å². The lowest BCUT2D eigenvalue weighted by Gasteiger charge is -2.17. The molecule has 0 saturated heterocycles. The average molecular weight is 271 g/mol. The molecule has 0 fully saturated rings. The first-order valence-electron chi connectivity index (χ1n) is 7.46. The van der Waals surface area contributed by atoms with Crippen LogP contribution in [0.4, 0.5) is 0 Å². The van der Waals surface area contributed by atoms with Crippen molar-refractivity contribution in [1.29, 1.82) is 0 Å². The molecule has 1 unspecified atom stereocenters. The first kappa shape index (κ1) is 14.8. The largest absolute Gasteiger partial charge is 0.310 e. The zero-order valence-electron chi connectivity index (χ0n) is 12.8. The number of nitrogens with zero attached hydrogens (tertiary/aromatic N) is 2. The fraction of sp³-hybridized carbons (Fsp3) is 0.471. The maximum atomic E-state index is 4.29. The topological polar surface area (TPSA) is 29.9 Å². The molecule has 1 aromatic heterocycles. The highest BCUT2D eigenvalue weighted by molar-refractivity contribution is 5.23. The number of nitrogens with one attached hydrogen (secondary N) is 1. The number of rotatable bonds is 7. The number of benzene rings is 1. The summed E-state index contributed by atoms with van der Waals surface area (Å²) in [5.41, 5.74) is 4.03. The first-order valence-corrected chi connectivity index (χ1v) is 7.46. The molecule has 108 valence electrons. The van der Waals surface area contributed by atoms with E-state index in [-0.39, 0.29) is 0 Å². The van der Waals surface area contributed by atoms with Crippen LogP contribution >= 0.6 is 0 Å². The van der Waals surface area contributed by atoms with E-state index >= 15 is 0 Å². The molecule has 2 rings (SSSR count). The summed E-state index contributed by atoms with van der Waals surface area (Å²) in [6.45, 7) is 5.40. The summed E-state index contributed by atoms with van der Waals surface area (Å²) < 4.78 is 1.88. The molecular formula is C17H25N3. The molecule has 0 aliphatic carbocycles. The Balaban J connectivity index is 2.00. The van der Waals surface area contributed by atoms with Crippen molar-refractivity contribution in [2.75, 3.05) is 6.54 Å². The Labute approximate surface area is 122 Å². The Kier molecular flexibility index (Phi) is 5.36. The smallest absolute Gasteiger partial charge is 0.0537 e. The van der Waals surface area contributed by atoms with E-state index < -0.39 is 0 Å². The third-order valence-corrected chi connectivity index (χ3v) is 3.57. The van der Waals surface area contributed by atoms with E-state index in [4.69, 9.17) is 0 Å². The van der Waals surface area contributed by atoms with E-state index in [0.717, 1.165) is 25.8 Å². The van der Waals surface area contributed by atoms with Gasteiger partial charge < -0.3 is 5.32 Å². The minimum atomic E-state index is 0.393. The first-order chi connectivity index (χ1) is 9.69. The molecule has 0 spiro atoms. The van der Waals surface area contributed by atoms with Gasteiger partial charge in [0, 0.05) is 24.8 Å². The second-order valence-corrected chi connectivity index (χ2v) is 5.48. The fourth-order valence-electron chi connectivity index (χ4n) is 2.50. The lowest BCUT2D eigenvalue weighted by molar-refractivity contribution is 0.499. The fourth-order valence-corrected chi connectivity index (χ4v) is 2.50. The van der Waals surface area contributed by atoms with Crippen LogP contribution in [0.2, 0.25) is 0 Å². The SMILES string of the molecule is CCCNC(CCc1cccc(C)c1)c1cnn(C)c1. The van der Waals surface area contributed by atoms with Crippen LogP contribution in [0.1, 0.15) is 42.5 Å². The maximum absolute atomic E-state index is 4.29. The third kappa shape index (κ3) is 4.20. The van der Waals surface area contributed by atoms with Crippen LogP contribution in [0.3, 0.4) is 0 Å². The predicted octanol–water partition coefficient (Wildman–Crippen LogP) is 3.40. The summed E-state index contributed by atoms with van der Waals surface area (Å²) in [7, 11) is 1.97. The Morgan fingerprint density at radius 2 is 2.20 bits per heavy atom. The van der Waals surface area contributed by atoms with Gasteiger partial charge in [0.05, 0.1) is 6.20 Å². The van der Waals surface area contributed by atoms with Gasteiger partial charge in [-0.2, -0.15) is 5.10 Å². The lowest BCUT2D eigenvalue weighted by atomic mass is 10.00. The minimum absolute atomic E-state index is 0.393. The molecular weight excluding hydrogens is 246 g/mol. The summed E-state index contributed by atoms with van der Waals surface area (Å²) in [4.78, 5) is 0. The van der Waals surface area contributed by atoms with Crippen molar-refractivity contribution in [1.82, 2.24) is 15.1 Å². The van der Waals surface area contributed by atoms with Crippen molar-refractivity contribution < 1.29 is 0 Å². The molecule has 0 aliphatic heterocycles. The molecule has 0 radical (unpaired) electrons. The zero-order chi connectivity index (χ0) is 14.4. The van der Waals surface area contributed by atoms with Crippen LogP contribution in [0.25, 0.3) is 0 Å². The van der Waals surface area contributed by atoms with Crippen molar-refractivity contribution in [3.8, 4) is 0 Å². The van der Waals surface area contributed by atoms with Crippen molar-refractivity contribution in [2.24, 2.45) is 7.05 Å². The van der Waals surface area contributed by atoms with E-state index in [1.54, 1.807) is 0 Å². The monoisotopic (exact) mass is 271 g/mol. The van der Waals surface area contributed by atoms with Crippen LogP contribution in [-0.4, -0.2) is 16.3 Å². The Bertz CT molecular complexity index is 531. The molecule has 2 aromatic rings. The molecule has 20 heavy (non-hydrogen) atoms. The van der Waals surface area contributed by atoms with Gasteiger partial charge in [-0.15, -0.1) is 0 Å². The van der Waals surface area contributed by atoms with Gasteiger partial charge in [-0.25, -0.2) is 0 Å². The van der Waals surface area contributed by atoms with Gasteiger partial charge in [-0.05, 0) is 38.3 Å². The second kappa shape index (κ2) is 7.25. The Morgan fingerprint density at radius 1 is 1.35 bits per heavy atom. The summed E-state index contributed by atoms with van der Waals surface area (Å²) in [6, 6.07) is 9.18. The van der Waals surface area contributed by atoms with E-state index in [9.17, 15) is 0 Å². The molecule has 0 bridgehead atoms. The number of hydrogen-bond donors (Lipinski definition) is 1. The molecule has 3 nitrogen and oxygen atoms in total. The molecule has 0 saturated carbocycles. The minimum Gasteiger partial charge on any atom is -0.310 e. The number of aromatic nitrogens is 2. The molecule has 3 heteroatoms. The molecule has 1 N–H and O–H groups in total. The van der Waals surface area contributed by atoms with Crippen molar-refractivity contribution in [3.63, 3.8) is 0 Å². The van der Waals surface area contributed by atoms with Gasteiger partial charge in [-0.3, -0.25) is 4.68 Å². The highest BCUT2D eigenvalue weighted by Gasteiger charge is 2.12. The third-order valence-electron chi connectivity index (χ3n) is 3.57. The Hall–Kier alpha value is -1.61. The summed E-state index contributed by atoms with van der Waals surface area (Å²) in [6.07, 6.45) is 7.45. The van der Waals surface area contributed by atoms with E-state index in [1.165, 1.54) is 16.7 Å². The Morgan fingerprint density at radius 3 is 2.85 bits per heavy atom. The van der Waals surface area contributed by atoms with Crippen molar-refractivity contribution in [3.05, 3.63) is 53.3 Å². The van der Waals surface area contributed by atoms with Gasteiger partial charge in [0.2, 0.25) is 0 Å². The summed E-state index contributed by atoms with van der Waals surface area (Å²) in [5, 5.41) is 7.92. The number of aryl methyl sites for hydroxylation is 3. The van der Waals surface area contributed by atoms with Crippen molar-refractivity contribution >= 4 is 0 Å². The van der Waals surface area contributed by atoms with Gasteiger partial charge in [0.15, 0.2) is 0 Å². The van der Waals surface area contributed by atoms with E-state index in [2.05, 4.69) is 54.7 Å². The van der Waals surface area contributed by atoms with Crippen LogP contribution in [0.5, 0.6) is 0 Å². The van der Waals surface area contributed by atoms with Crippen LogP contribution in [0.15, 0.2) is 36.7 Å². The molecule has 1 atom stereocenters. The molecule has 0 amide bonds. The molecule has 1 aromatic carbocycles. The zero-order valence-corrected chi connectivity index (χ0v) is 12.8. The number of hydrogen-bond acceptors (Lipinski definition) is 2. The normalized spacial score (nSPS) is 12.6. The average Bonchev–Trinajstić information content (AvgIpc) is 2.85. The second-order valence-electron chi connectivity index (χ2n) is 5.48. The van der Waals surface area contributed by atoms with Gasteiger partial charge in [0.25, 0.3) is 0 Å². The highest BCUT2D eigenvalue weighted by Crippen LogP contribution is 2.19. The van der Waals surface area contributed by atoms with Crippen molar-refractivity contribution in [2.45, 2.75) is 39.2 Å². The quantitative estimate of drug-likeness (QED) is 0.836. The van der Waals surface area contributed by atoms with Gasteiger partial charge in [-0.1, -0.05) is 36.8 Å². The summed E-state index contributed by atoms with van der Waals surface area (Å²) in [5.74, 6) is 0. The maximum Gasteiger partial charge on any atom is 0.0537 e. The highest BCUT2D eigenvalue weighted by atomic mass is 15.2. The van der Waals surface area contributed by atoms with Gasteiger partial charge in [0.1, 0.15) is 0 Å². The lowest BCUT2D eigenvalue weighted by Crippen LogP contribution is -2.22. The predicted molar refractivity (Wildman–Crippen MR) is 83.7 cm³/mol. The summed E-state index contributed by atoms with van der Waals surface area (Å²) >= 11 is 0.